The molecule has 1 fully saturated rings. The molecule has 1 aliphatic rings. The minimum absolute atomic E-state index is 0.0107. The molecule has 1 aliphatic heterocycles. The van der Waals surface area contributed by atoms with E-state index >= 15 is 0 Å². The van der Waals surface area contributed by atoms with Crippen LogP contribution in [0, 0.1) is 0 Å². The Hall–Kier alpha value is -2.36. The number of benzene rings is 2. The highest BCUT2D eigenvalue weighted by molar-refractivity contribution is 7.94. The molecule has 0 saturated carbocycles. The number of nitrogens with two attached hydrogens (primary N) is 1. The van der Waals surface area contributed by atoms with Crippen molar-refractivity contribution in [2.75, 3.05) is 45.9 Å². The monoisotopic (exact) mass is 816 g/mol. The quantitative estimate of drug-likeness (QED) is 0.0343. The first-order valence-electron chi connectivity index (χ1n) is 14.2. The van der Waals surface area contributed by atoms with E-state index in [4.69, 9.17) is 46.0 Å². The van der Waals surface area contributed by atoms with Gasteiger partial charge in [0.25, 0.3) is 0 Å². The SMILES string of the molecule is COOOSc1cccc2c(NP(=O)(OC)OP(=O)(OC)OP(=O)(OC)OC[C@H]3O[C@@H](n4cnc5c(N)ncnc54)C[C@@H]3O[PH](=O)O)cccc12. The van der Waals surface area contributed by atoms with Crippen LogP contribution in [0.25, 0.3) is 21.9 Å². The zero-order chi connectivity index (χ0) is 36.8. The topological polar surface area (TPSA) is 272 Å². The predicted molar refractivity (Wildman–Crippen MR) is 179 cm³/mol. The van der Waals surface area contributed by atoms with E-state index < -0.39 is 56.7 Å². The highest BCUT2D eigenvalue weighted by atomic mass is 32.2. The number of fused-ring (bicyclic) bond motifs is 2. The molecule has 4 N–H and O–H groups in total. The summed E-state index contributed by atoms with van der Waals surface area (Å²) in [5.74, 6) is 0.116. The highest BCUT2D eigenvalue weighted by Gasteiger charge is 2.47. The Labute approximate surface area is 294 Å². The Morgan fingerprint density at radius 1 is 1.02 bits per heavy atom. The van der Waals surface area contributed by atoms with Gasteiger partial charge >= 0.3 is 31.6 Å². The maximum Gasteiger partial charge on any atom is 0.492 e. The van der Waals surface area contributed by atoms with Crippen molar-refractivity contribution in [3.8, 4) is 0 Å². The number of nitrogens with one attached hydrogen (secondary N) is 1. The number of hydrogen-bond acceptors (Lipinski definition) is 20. The van der Waals surface area contributed by atoms with Crippen molar-refractivity contribution in [2.45, 2.75) is 29.8 Å². The summed E-state index contributed by atoms with van der Waals surface area (Å²) < 4.78 is 101. The Bertz CT molecular complexity index is 2010. The lowest BCUT2D eigenvalue weighted by atomic mass is 10.1. The van der Waals surface area contributed by atoms with Gasteiger partial charge in [-0.1, -0.05) is 29.3 Å². The maximum absolute atomic E-state index is 13.8. The largest absolute Gasteiger partial charge is 0.492 e. The van der Waals surface area contributed by atoms with Crippen LogP contribution in [0.5, 0.6) is 0 Å². The smallest absolute Gasteiger partial charge is 0.382 e. The average molecular weight is 817 g/mol. The van der Waals surface area contributed by atoms with Crippen LogP contribution in [0.2, 0.25) is 0 Å². The zero-order valence-electron chi connectivity index (χ0n) is 27.0. The van der Waals surface area contributed by atoms with Crippen LogP contribution in [0.1, 0.15) is 12.6 Å². The summed E-state index contributed by atoms with van der Waals surface area (Å²) in [6, 6.07) is 9.95. The fourth-order valence-corrected chi connectivity index (χ4v) is 10.7. The van der Waals surface area contributed by atoms with Gasteiger partial charge in [0.15, 0.2) is 11.5 Å². The van der Waals surface area contributed by atoms with E-state index in [1.807, 2.05) is 0 Å². The second-order valence-electron chi connectivity index (χ2n) is 9.92. The standard InChI is InChI=1S/C24H32N6O16P4S/c1-36-43-44-51-20-10-6-7-15-16(20)8-5-9-17(15)29-48(33,37-2)45-50(35,39-4)46-49(34,38-3)40-12-19-18(42-47(31)32)11-21(41-19)30-14-28-22-23(25)26-13-27-24(22)30/h5-10,13-14,18-19,21,47H,11-12H2,1-4H3,(H,29,33)(H,31,32)(H2,25,26,27)/t18-,19+,21+,48?,49?,50?/m0/s1. The van der Waals surface area contributed by atoms with Crippen LogP contribution in [-0.4, -0.2) is 71.7 Å². The molecule has 3 heterocycles. The van der Waals surface area contributed by atoms with Gasteiger partial charge in [0.2, 0.25) is 0 Å². The average Bonchev–Trinajstić information content (AvgIpc) is 3.72. The molecule has 51 heavy (non-hydrogen) atoms. The summed E-state index contributed by atoms with van der Waals surface area (Å²) in [7, 11) is -14.1. The minimum atomic E-state index is -5.10. The third-order valence-corrected chi connectivity index (χ3v) is 13.8. The van der Waals surface area contributed by atoms with Gasteiger partial charge in [-0.2, -0.15) is 8.62 Å². The molecule has 22 nitrogen and oxygen atoms in total. The van der Waals surface area contributed by atoms with Crippen molar-refractivity contribution in [2.24, 2.45) is 0 Å². The van der Waals surface area contributed by atoms with Gasteiger partial charge in [-0.05, 0) is 17.5 Å². The molecule has 0 spiro atoms. The minimum Gasteiger partial charge on any atom is -0.382 e. The van der Waals surface area contributed by atoms with Gasteiger partial charge in [0.1, 0.15) is 24.2 Å². The van der Waals surface area contributed by atoms with E-state index in [0.717, 1.165) is 33.4 Å². The van der Waals surface area contributed by atoms with E-state index in [2.05, 4.69) is 30.0 Å². The maximum atomic E-state index is 13.8. The van der Waals surface area contributed by atoms with E-state index in [1.54, 1.807) is 30.3 Å². The molecule has 0 amide bonds. The molecule has 2 aromatic heterocycles. The first kappa shape index (κ1) is 39.8. The number of nitrogen functional groups attached to an aromatic ring is 1. The van der Waals surface area contributed by atoms with E-state index in [9.17, 15) is 23.2 Å². The number of imidazole rings is 1. The third kappa shape index (κ3) is 9.61. The Kier molecular flexibility index (Phi) is 13.4. The van der Waals surface area contributed by atoms with Gasteiger partial charge < -0.3 is 19.9 Å². The summed E-state index contributed by atoms with van der Waals surface area (Å²) in [5, 5.41) is 8.12. The van der Waals surface area contributed by atoms with Crippen LogP contribution in [-0.2, 0) is 68.5 Å². The number of phosphoric ester groups is 1. The summed E-state index contributed by atoms with van der Waals surface area (Å²) in [4.78, 5) is 26.7. The van der Waals surface area contributed by atoms with Crippen molar-refractivity contribution in [1.29, 1.82) is 0 Å². The number of phosphoric acid groups is 2. The molecular weight excluding hydrogens is 784 g/mol. The summed E-state index contributed by atoms with van der Waals surface area (Å²) >= 11 is 0.839. The number of anilines is 2. The first-order chi connectivity index (χ1) is 24.3. The lowest BCUT2D eigenvalue weighted by Crippen LogP contribution is -2.27. The molecular formula is C24H32N6O16P4S. The van der Waals surface area contributed by atoms with Crippen LogP contribution < -0.4 is 10.8 Å². The lowest BCUT2D eigenvalue weighted by Gasteiger charge is -2.26. The zero-order valence-corrected chi connectivity index (χ0v) is 31.5. The fraction of sp³-hybridized carbons (Fsp3) is 0.375. The van der Waals surface area contributed by atoms with Crippen LogP contribution in [0.15, 0.2) is 53.9 Å². The van der Waals surface area contributed by atoms with E-state index in [1.165, 1.54) is 30.4 Å². The molecule has 27 heteroatoms. The molecule has 1 saturated heterocycles. The lowest BCUT2D eigenvalue weighted by molar-refractivity contribution is -0.447. The van der Waals surface area contributed by atoms with Gasteiger partial charge in [-0.3, -0.25) is 32.3 Å². The summed E-state index contributed by atoms with van der Waals surface area (Å²) in [6.07, 6.45) is -0.536. The first-order valence-corrected chi connectivity index (χ1v) is 20.7. The summed E-state index contributed by atoms with van der Waals surface area (Å²) in [5.41, 5.74) is 6.66. The Balaban J connectivity index is 1.31. The second kappa shape index (κ2) is 17.2. The fourth-order valence-electron chi connectivity index (χ4n) is 4.74. The predicted octanol–water partition coefficient (Wildman–Crippen LogP) is 5.56. The van der Waals surface area contributed by atoms with Crippen molar-refractivity contribution in [3.63, 3.8) is 0 Å². The van der Waals surface area contributed by atoms with Gasteiger partial charge in [0.05, 0.1) is 43.9 Å². The molecule has 0 bridgehead atoms. The normalized spacial score (nSPS) is 22.0. The van der Waals surface area contributed by atoms with Gasteiger partial charge in [0, 0.05) is 38.0 Å². The number of nitrogens with zero attached hydrogens (tertiary/aromatic N) is 4. The number of hydrogen-bond donors (Lipinski definition) is 3. The number of aromatic nitrogens is 4. The van der Waals surface area contributed by atoms with Crippen LogP contribution in [0.4, 0.5) is 11.5 Å². The van der Waals surface area contributed by atoms with Crippen molar-refractivity contribution in [3.05, 3.63) is 49.1 Å². The van der Waals surface area contributed by atoms with Crippen molar-refractivity contribution < 1.29 is 73.4 Å². The van der Waals surface area contributed by atoms with Gasteiger partial charge in [-0.15, -0.1) is 4.33 Å². The second-order valence-corrected chi connectivity index (χ2v) is 17.1. The molecule has 0 radical (unpaired) electrons. The summed E-state index contributed by atoms with van der Waals surface area (Å²) in [6.45, 7) is -0.662. The number of ether oxygens (including phenoxy) is 1. The third-order valence-electron chi connectivity index (χ3n) is 6.98. The highest BCUT2D eigenvalue weighted by Crippen LogP contribution is 2.72. The molecule has 4 aromatic rings. The molecule has 0 aliphatic carbocycles. The molecule has 5 rings (SSSR count). The van der Waals surface area contributed by atoms with E-state index in [0.29, 0.717) is 21.3 Å². The van der Waals surface area contributed by atoms with Crippen molar-refractivity contribution >= 4 is 77.1 Å². The number of rotatable bonds is 19. The Morgan fingerprint density at radius 3 is 2.47 bits per heavy atom. The van der Waals surface area contributed by atoms with E-state index in [-0.39, 0.29) is 23.4 Å². The van der Waals surface area contributed by atoms with Crippen LogP contribution >= 0.6 is 43.7 Å². The Morgan fingerprint density at radius 2 is 1.76 bits per heavy atom. The molecule has 7 atom stereocenters. The molecule has 2 aromatic carbocycles. The van der Waals surface area contributed by atoms with Crippen molar-refractivity contribution in [1.82, 2.24) is 19.5 Å². The molecule has 4 unspecified atom stereocenters. The van der Waals surface area contributed by atoms with Crippen LogP contribution in [0.3, 0.4) is 0 Å². The molecule has 280 valence electrons. The van der Waals surface area contributed by atoms with Gasteiger partial charge in [-0.25, -0.2) is 33.5 Å².